The number of amides is 4. The number of carbonyl (C=O) groups is 3. The zero-order valence-corrected chi connectivity index (χ0v) is 16.3. The molecule has 1 saturated heterocycles. The van der Waals surface area contributed by atoms with Crippen molar-refractivity contribution in [3.8, 4) is 0 Å². The molecule has 1 N–H and O–H groups in total. The highest BCUT2D eigenvalue weighted by atomic mass is 32.1. The highest BCUT2D eigenvalue weighted by Gasteiger charge is 2.49. The molecule has 3 aliphatic rings. The first-order chi connectivity index (χ1) is 13.6. The molecule has 2 aliphatic heterocycles. The predicted octanol–water partition coefficient (Wildman–Crippen LogP) is 1.59. The number of nitrogens with one attached hydrogen (secondary N) is 1. The molecular weight excluding hydrogens is 374 g/mol. The number of urea groups is 1. The van der Waals surface area contributed by atoms with Crippen molar-refractivity contribution in [3.63, 3.8) is 0 Å². The average molecular weight is 396 g/mol. The van der Waals surface area contributed by atoms with Crippen LogP contribution in [0.3, 0.4) is 0 Å². The molecule has 28 heavy (non-hydrogen) atoms. The number of hydrogen-bond donors (Lipinski definition) is 1. The maximum Gasteiger partial charge on any atom is 0.339 e. The third-order valence-corrected chi connectivity index (χ3v) is 7.00. The number of carbonyl (C=O) groups excluding carboxylic acids is 3. The third kappa shape index (κ3) is 2.95. The van der Waals surface area contributed by atoms with E-state index in [0.29, 0.717) is 12.0 Å². The number of rotatable bonds is 5. The molecule has 144 valence electrons. The van der Waals surface area contributed by atoms with Crippen molar-refractivity contribution in [3.05, 3.63) is 57.8 Å². The fourth-order valence-electron chi connectivity index (χ4n) is 4.47. The molecule has 1 aromatic carbocycles. The van der Waals surface area contributed by atoms with Crippen LogP contribution in [0.5, 0.6) is 0 Å². The van der Waals surface area contributed by atoms with Crippen LogP contribution in [0.4, 0.5) is 4.79 Å². The van der Waals surface area contributed by atoms with Crippen molar-refractivity contribution >= 4 is 29.2 Å². The molecule has 1 aromatic heterocycles. The Bertz CT molecular complexity index is 937. The molecule has 3 heterocycles. The number of quaternary nitrogens is 1. The van der Waals surface area contributed by atoms with Crippen LogP contribution < -0.4 is 4.90 Å². The lowest BCUT2D eigenvalue weighted by atomic mass is 9.96. The first-order valence-electron chi connectivity index (χ1n) is 9.75. The Labute approximate surface area is 167 Å². The van der Waals surface area contributed by atoms with Gasteiger partial charge in [0.05, 0.1) is 13.1 Å². The largest absolute Gasteiger partial charge is 0.339 e. The van der Waals surface area contributed by atoms with E-state index in [1.807, 2.05) is 30.3 Å². The van der Waals surface area contributed by atoms with Gasteiger partial charge in [0.2, 0.25) is 0 Å². The third-order valence-electron chi connectivity index (χ3n) is 6.00. The number of imide groups is 2. The first kappa shape index (κ1) is 17.6. The molecule has 4 amide bonds. The molecule has 5 rings (SSSR count). The number of fused-ring (bicyclic) bond motifs is 1. The van der Waals surface area contributed by atoms with E-state index in [1.54, 1.807) is 11.3 Å². The summed E-state index contributed by atoms with van der Waals surface area (Å²) in [6, 6.07) is 11.3. The molecule has 1 saturated carbocycles. The lowest BCUT2D eigenvalue weighted by Gasteiger charge is -2.34. The molecule has 1 aliphatic carbocycles. The Morgan fingerprint density at radius 3 is 2.50 bits per heavy atom. The molecule has 6 nitrogen and oxygen atoms in total. The highest BCUT2D eigenvalue weighted by Crippen LogP contribution is 2.42. The lowest BCUT2D eigenvalue weighted by molar-refractivity contribution is -0.943. The summed E-state index contributed by atoms with van der Waals surface area (Å²) in [7, 11) is 0. The van der Waals surface area contributed by atoms with Crippen LogP contribution in [0, 0.1) is 5.92 Å². The fourth-order valence-corrected chi connectivity index (χ4v) is 5.40. The second kappa shape index (κ2) is 6.83. The minimum Gasteiger partial charge on any atom is -0.311 e. The lowest BCUT2D eigenvalue weighted by Crippen LogP contribution is -3.15. The fraction of sp³-hybridized carbons (Fsp3) is 0.381. The molecule has 1 unspecified atom stereocenters. The van der Waals surface area contributed by atoms with Crippen molar-refractivity contribution in [1.29, 1.82) is 0 Å². The highest BCUT2D eigenvalue weighted by molar-refractivity contribution is 7.10. The minimum absolute atomic E-state index is 0.136. The maximum absolute atomic E-state index is 12.9. The molecular formula is C21H22N3O3S+. The molecule has 0 radical (unpaired) electrons. The Balaban J connectivity index is 1.36. The molecule has 0 spiro atoms. The van der Waals surface area contributed by atoms with Gasteiger partial charge >= 0.3 is 17.8 Å². The summed E-state index contributed by atoms with van der Waals surface area (Å²) in [5.74, 6) is -0.795. The van der Waals surface area contributed by atoms with E-state index in [0.717, 1.165) is 28.3 Å². The standard InChI is InChI=1S/C21H21N3O3S/c25-19-20(26)24(21(27)23(19)12-14-4-2-1-3-5-14)13-22-10-8-17-16(9-11-28-17)18(22)15-6-7-15/h1-5,9,11,15,18H,6-8,10,12-13H2/p+1/t18-/m0/s1. The first-order valence-corrected chi connectivity index (χ1v) is 10.6. The van der Waals surface area contributed by atoms with Crippen molar-refractivity contribution in [2.75, 3.05) is 13.2 Å². The topological polar surface area (TPSA) is 62.1 Å². The van der Waals surface area contributed by atoms with Crippen molar-refractivity contribution in [2.24, 2.45) is 5.92 Å². The van der Waals surface area contributed by atoms with Crippen LogP contribution in [-0.2, 0) is 22.6 Å². The summed E-state index contributed by atoms with van der Waals surface area (Å²) in [6.45, 7) is 1.29. The molecule has 2 atom stereocenters. The van der Waals surface area contributed by atoms with Crippen LogP contribution in [-0.4, -0.2) is 40.9 Å². The van der Waals surface area contributed by atoms with Gasteiger partial charge < -0.3 is 4.90 Å². The molecule has 7 heteroatoms. The Morgan fingerprint density at radius 2 is 1.75 bits per heavy atom. The van der Waals surface area contributed by atoms with Gasteiger partial charge in [-0.3, -0.25) is 14.5 Å². The van der Waals surface area contributed by atoms with Gasteiger partial charge in [-0.1, -0.05) is 30.3 Å². The van der Waals surface area contributed by atoms with E-state index in [9.17, 15) is 14.4 Å². The van der Waals surface area contributed by atoms with Gasteiger partial charge in [0, 0.05) is 22.8 Å². The van der Waals surface area contributed by atoms with Gasteiger partial charge in [-0.05, 0) is 29.9 Å². The van der Waals surface area contributed by atoms with Crippen molar-refractivity contribution in [1.82, 2.24) is 9.80 Å². The van der Waals surface area contributed by atoms with Gasteiger partial charge in [0.25, 0.3) is 0 Å². The summed E-state index contributed by atoms with van der Waals surface area (Å²) in [4.78, 5) is 42.8. The van der Waals surface area contributed by atoms with Crippen LogP contribution in [0.15, 0.2) is 41.8 Å². The normalized spacial score (nSPS) is 24.8. The number of benzene rings is 1. The molecule has 0 bridgehead atoms. The van der Waals surface area contributed by atoms with Gasteiger partial charge in [-0.15, -0.1) is 11.3 Å². The van der Waals surface area contributed by atoms with Crippen molar-refractivity contribution < 1.29 is 19.3 Å². The number of thiophene rings is 1. The minimum atomic E-state index is -0.718. The predicted molar refractivity (Wildman–Crippen MR) is 103 cm³/mol. The summed E-state index contributed by atoms with van der Waals surface area (Å²) < 4.78 is 0. The summed E-state index contributed by atoms with van der Waals surface area (Å²) in [5.41, 5.74) is 2.21. The van der Waals surface area contributed by atoms with E-state index < -0.39 is 17.8 Å². The second-order valence-electron chi connectivity index (χ2n) is 7.82. The molecule has 2 aromatic rings. The van der Waals surface area contributed by atoms with Gasteiger partial charge in [0.15, 0.2) is 6.67 Å². The monoisotopic (exact) mass is 396 g/mol. The summed E-state index contributed by atoms with van der Waals surface area (Å²) >= 11 is 1.80. The Morgan fingerprint density at radius 1 is 1.00 bits per heavy atom. The van der Waals surface area contributed by atoms with E-state index in [2.05, 4.69) is 11.4 Å². The SMILES string of the molecule is O=C1C(=O)N(C[NH+]2CCc3sccc3[C@@H]2C2CC2)C(=O)N1Cc1ccccc1. The van der Waals surface area contributed by atoms with Gasteiger partial charge in [-0.2, -0.15) is 0 Å². The zero-order chi connectivity index (χ0) is 19.3. The van der Waals surface area contributed by atoms with Crippen LogP contribution in [0.25, 0.3) is 0 Å². The maximum atomic E-state index is 12.9. The van der Waals surface area contributed by atoms with Crippen molar-refractivity contribution in [2.45, 2.75) is 31.8 Å². The quantitative estimate of drug-likeness (QED) is 0.617. The van der Waals surface area contributed by atoms with E-state index >= 15 is 0 Å². The Hall–Kier alpha value is -2.51. The molecule has 2 fully saturated rings. The van der Waals surface area contributed by atoms with Gasteiger partial charge in [-0.25, -0.2) is 9.69 Å². The van der Waals surface area contributed by atoms with E-state index in [1.165, 1.54) is 28.2 Å². The smallest absolute Gasteiger partial charge is 0.311 e. The number of hydrogen-bond acceptors (Lipinski definition) is 4. The second-order valence-corrected chi connectivity index (χ2v) is 8.82. The Kier molecular flexibility index (Phi) is 4.29. The van der Waals surface area contributed by atoms with E-state index in [4.69, 9.17) is 0 Å². The summed E-state index contributed by atoms with van der Waals surface area (Å²) in [5, 5.41) is 2.14. The zero-order valence-electron chi connectivity index (χ0n) is 15.5. The summed E-state index contributed by atoms with van der Waals surface area (Å²) in [6.07, 6.45) is 3.36. The van der Waals surface area contributed by atoms with E-state index in [-0.39, 0.29) is 13.2 Å². The van der Waals surface area contributed by atoms with Crippen LogP contribution in [0.2, 0.25) is 0 Å². The van der Waals surface area contributed by atoms with Gasteiger partial charge in [0.1, 0.15) is 6.04 Å². The average Bonchev–Trinajstić information content (AvgIpc) is 3.40. The van der Waals surface area contributed by atoms with Crippen LogP contribution in [0.1, 0.15) is 34.9 Å². The number of nitrogens with zero attached hydrogens (tertiary/aromatic N) is 2. The van der Waals surface area contributed by atoms with Crippen LogP contribution >= 0.6 is 11.3 Å².